The number of guanidine groups is 1. The van der Waals surface area contributed by atoms with Crippen molar-refractivity contribution in [3.8, 4) is 11.5 Å². The highest BCUT2D eigenvalue weighted by molar-refractivity contribution is 5.79. The van der Waals surface area contributed by atoms with Crippen molar-refractivity contribution in [2.24, 2.45) is 4.99 Å². The van der Waals surface area contributed by atoms with Gasteiger partial charge in [-0.05, 0) is 30.2 Å². The van der Waals surface area contributed by atoms with E-state index in [9.17, 15) is 5.11 Å². The van der Waals surface area contributed by atoms with Gasteiger partial charge in [-0.15, -0.1) is 0 Å². The number of hydrogen-bond acceptors (Lipinski definition) is 4. The van der Waals surface area contributed by atoms with Crippen LogP contribution in [0.25, 0.3) is 11.5 Å². The molecular formula is C21H24N4O2. The normalized spacial score (nSPS) is 11.4. The van der Waals surface area contributed by atoms with Gasteiger partial charge < -0.3 is 20.2 Å². The lowest BCUT2D eigenvalue weighted by molar-refractivity contribution is 0.280. The fraction of sp³-hybridized carbons (Fsp3) is 0.238. The van der Waals surface area contributed by atoms with Gasteiger partial charge in [0.25, 0.3) is 0 Å². The Morgan fingerprint density at radius 1 is 1.04 bits per heavy atom. The number of rotatable bonds is 7. The molecule has 0 unspecified atom stereocenters. The van der Waals surface area contributed by atoms with Crippen LogP contribution < -0.4 is 10.6 Å². The maximum atomic E-state index is 9.44. The largest absolute Gasteiger partial charge is 0.444 e. The van der Waals surface area contributed by atoms with Crippen molar-refractivity contribution in [3.05, 3.63) is 77.7 Å². The van der Waals surface area contributed by atoms with Crippen molar-refractivity contribution >= 4 is 5.96 Å². The van der Waals surface area contributed by atoms with Crippen LogP contribution in [0.2, 0.25) is 0 Å². The molecule has 0 aliphatic carbocycles. The molecule has 0 aliphatic heterocycles. The van der Waals surface area contributed by atoms with Crippen LogP contribution in [0.5, 0.6) is 0 Å². The highest BCUT2D eigenvalue weighted by atomic mass is 16.3. The molecule has 3 N–H and O–H groups in total. The zero-order valence-corrected chi connectivity index (χ0v) is 15.4. The molecule has 6 nitrogen and oxygen atoms in total. The number of aliphatic hydroxyl groups excluding tert-OH is 1. The Labute approximate surface area is 159 Å². The van der Waals surface area contributed by atoms with Crippen LogP contribution in [0, 0.1) is 0 Å². The van der Waals surface area contributed by atoms with Crippen LogP contribution in [-0.2, 0) is 19.7 Å². The average molecular weight is 364 g/mol. The van der Waals surface area contributed by atoms with Gasteiger partial charge in [-0.2, -0.15) is 0 Å². The first kappa shape index (κ1) is 18.7. The molecule has 0 fully saturated rings. The lowest BCUT2D eigenvalue weighted by atomic mass is 10.1. The highest BCUT2D eigenvalue weighted by Crippen LogP contribution is 2.17. The molecule has 0 amide bonds. The van der Waals surface area contributed by atoms with Crippen molar-refractivity contribution in [2.75, 3.05) is 6.54 Å². The predicted molar refractivity (Wildman–Crippen MR) is 106 cm³/mol. The molecule has 1 aromatic heterocycles. The number of benzene rings is 2. The van der Waals surface area contributed by atoms with E-state index in [2.05, 4.69) is 20.6 Å². The first-order valence-electron chi connectivity index (χ1n) is 8.99. The fourth-order valence-corrected chi connectivity index (χ4v) is 2.65. The summed E-state index contributed by atoms with van der Waals surface area (Å²) in [5.74, 6) is 1.29. The minimum absolute atomic E-state index is 0.0108. The molecule has 0 aliphatic rings. The summed E-state index contributed by atoms with van der Waals surface area (Å²) in [7, 11) is 0. The Bertz CT molecular complexity index is 875. The maximum absolute atomic E-state index is 9.44. The molecule has 6 heteroatoms. The first-order chi connectivity index (χ1) is 13.3. The van der Waals surface area contributed by atoms with Crippen LogP contribution in [-0.4, -0.2) is 22.6 Å². The molecule has 3 rings (SSSR count). The molecule has 27 heavy (non-hydrogen) atoms. The lowest BCUT2D eigenvalue weighted by Gasteiger charge is -2.11. The molecule has 140 valence electrons. The quantitative estimate of drug-likeness (QED) is 0.443. The van der Waals surface area contributed by atoms with Crippen molar-refractivity contribution in [1.82, 2.24) is 15.6 Å². The topological polar surface area (TPSA) is 82.7 Å². The summed E-state index contributed by atoms with van der Waals surface area (Å²) in [5, 5.41) is 15.9. The Morgan fingerprint density at radius 3 is 2.52 bits per heavy atom. The zero-order chi connectivity index (χ0) is 18.9. The minimum atomic E-state index is 0.0108. The van der Waals surface area contributed by atoms with E-state index in [0.29, 0.717) is 24.9 Å². The smallest absolute Gasteiger partial charge is 0.226 e. The van der Waals surface area contributed by atoms with Crippen LogP contribution in [0.15, 0.2) is 70.3 Å². The van der Waals surface area contributed by atoms with Gasteiger partial charge in [0.1, 0.15) is 6.26 Å². The van der Waals surface area contributed by atoms with E-state index in [0.717, 1.165) is 28.9 Å². The van der Waals surface area contributed by atoms with E-state index < -0.39 is 0 Å². The van der Waals surface area contributed by atoms with Gasteiger partial charge in [-0.1, -0.05) is 42.5 Å². The lowest BCUT2D eigenvalue weighted by Crippen LogP contribution is -2.36. The molecule has 0 atom stereocenters. The third-order valence-corrected chi connectivity index (χ3v) is 4.05. The Hall–Kier alpha value is -3.12. The summed E-state index contributed by atoms with van der Waals surface area (Å²) in [5.41, 5.74) is 3.64. The summed E-state index contributed by atoms with van der Waals surface area (Å²) in [4.78, 5) is 9.11. The van der Waals surface area contributed by atoms with Gasteiger partial charge >= 0.3 is 0 Å². The van der Waals surface area contributed by atoms with Gasteiger partial charge in [0.05, 0.1) is 25.4 Å². The molecule has 0 bridgehead atoms. The maximum Gasteiger partial charge on any atom is 0.226 e. The van der Waals surface area contributed by atoms with E-state index in [1.54, 1.807) is 6.26 Å². The summed E-state index contributed by atoms with van der Waals surface area (Å²) in [6, 6.07) is 17.6. The summed E-state index contributed by atoms with van der Waals surface area (Å²) >= 11 is 0. The Balaban J connectivity index is 1.64. The van der Waals surface area contributed by atoms with Crippen molar-refractivity contribution in [1.29, 1.82) is 0 Å². The van der Waals surface area contributed by atoms with Gasteiger partial charge in [-0.3, -0.25) is 0 Å². The number of nitrogens with zero attached hydrogens (tertiary/aromatic N) is 2. The standard InChI is InChI=1S/C21H24N4O2/c1-2-22-21(23-12-17-10-6-7-11-18(17)14-26)24-13-19-15-27-20(25-19)16-8-4-3-5-9-16/h3-11,15,26H,2,12-14H2,1H3,(H2,22,23,24). The van der Waals surface area contributed by atoms with Crippen LogP contribution in [0.1, 0.15) is 23.7 Å². The third kappa shape index (κ3) is 5.18. The Kier molecular flexibility index (Phi) is 6.60. The van der Waals surface area contributed by atoms with Gasteiger partial charge in [0.2, 0.25) is 5.89 Å². The molecule has 0 radical (unpaired) electrons. The van der Waals surface area contributed by atoms with E-state index in [1.807, 2.05) is 61.5 Å². The van der Waals surface area contributed by atoms with E-state index in [4.69, 9.17) is 4.42 Å². The van der Waals surface area contributed by atoms with Gasteiger partial charge in [0.15, 0.2) is 5.96 Å². The summed E-state index contributed by atoms with van der Waals surface area (Å²) in [6.45, 7) is 3.77. The zero-order valence-electron chi connectivity index (χ0n) is 15.4. The second-order valence-electron chi connectivity index (χ2n) is 5.99. The second kappa shape index (κ2) is 9.54. The highest BCUT2D eigenvalue weighted by Gasteiger charge is 2.07. The average Bonchev–Trinajstić information content (AvgIpc) is 3.20. The predicted octanol–water partition coefficient (Wildman–Crippen LogP) is 3.09. The fourth-order valence-electron chi connectivity index (χ4n) is 2.65. The van der Waals surface area contributed by atoms with Crippen LogP contribution in [0.4, 0.5) is 0 Å². The number of aromatic nitrogens is 1. The van der Waals surface area contributed by atoms with Crippen molar-refractivity contribution < 1.29 is 9.52 Å². The van der Waals surface area contributed by atoms with Crippen LogP contribution >= 0.6 is 0 Å². The molecule has 0 saturated carbocycles. The molecule has 0 saturated heterocycles. The SMILES string of the molecule is CCNC(=NCc1ccccc1CO)NCc1coc(-c2ccccc2)n1. The number of aliphatic hydroxyl groups is 1. The molecule has 2 aromatic carbocycles. The van der Waals surface area contributed by atoms with Crippen LogP contribution in [0.3, 0.4) is 0 Å². The monoisotopic (exact) mass is 364 g/mol. The number of oxazole rings is 1. The van der Waals surface area contributed by atoms with Crippen molar-refractivity contribution in [2.45, 2.75) is 26.6 Å². The first-order valence-corrected chi connectivity index (χ1v) is 8.99. The molecule has 3 aromatic rings. The van der Waals surface area contributed by atoms with Gasteiger partial charge in [0, 0.05) is 12.1 Å². The van der Waals surface area contributed by atoms with Gasteiger partial charge in [-0.25, -0.2) is 9.98 Å². The van der Waals surface area contributed by atoms with E-state index in [1.165, 1.54) is 0 Å². The minimum Gasteiger partial charge on any atom is -0.444 e. The second-order valence-corrected chi connectivity index (χ2v) is 5.99. The van der Waals surface area contributed by atoms with E-state index >= 15 is 0 Å². The Morgan fingerprint density at radius 2 is 1.78 bits per heavy atom. The molecule has 0 spiro atoms. The molecular weight excluding hydrogens is 340 g/mol. The number of aliphatic imine (C=N–C) groups is 1. The van der Waals surface area contributed by atoms with Crippen molar-refractivity contribution in [3.63, 3.8) is 0 Å². The van der Waals surface area contributed by atoms with E-state index in [-0.39, 0.29) is 6.61 Å². The number of hydrogen-bond donors (Lipinski definition) is 3. The molecule has 1 heterocycles. The summed E-state index contributed by atoms with van der Waals surface area (Å²) in [6.07, 6.45) is 1.65. The summed E-state index contributed by atoms with van der Waals surface area (Å²) < 4.78 is 5.56. The number of nitrogens with one attached hydrogen (secondary N) is 2. The third-order valence-electron chi connectivity index (χ3n) is 4.05.